The van der Waals surface area contributed by atoms with Crippen LogP contribution in [0.1, 0.15) is 42.4 Å². The Morgan fingerprint density at radius 2 is 1.71 bits per heavy atom. The Morgan fingerprint density at radius 3 is 2.34 bits per heavy atom. The molecule has 172 valence electrons. The van der Waals surface area contributed by atoms with Gasteiger partial charge in [-0.15, -0.1) is 0 Å². The first-order chi connectivity index (χ1) is 17.2. The number of aromatic nitrogens is 1. The van der Waals surface area contributed by atoms with Gasteiger partial charge in [0, 0.05) is 24.1 Å². The van der Waals surface area contributed by atoms with Crippen molar-refractivity contribution in [2.24, 2.45) is 5.41 Å². The van der Waals surface area contributed by atoms with Crippen LogP contribution in [0.4, 0.5) is 5.82 Å². The number of ether oxygens (including phenoxy) is 1. The number of fused-ring (bicyclic) bond motifs is 3. The summed E-state index contributed by atoms with van der Waals surface area (Å²) >= 11 is 0. The zero-order valence-electron chi connectivity index (χ0n) is 19.6. The summed E-state index contributed by atoms with van der Waals surface area (Å²) in [5.74, 6) is 1.29. The van der Waals surface area contributed by atoms with E-state index in [-0.39, 0.29) is 18.4 Å². The minimum absolute atomic E-state index is 0.219. The van der Waals surface area contributed by atoms with Crippen LogP contribution in [0.2, 0.25) is 0 Å². The fourth-order valence-corrected chi connectivity index (χ4v) is 5.63. The van der Waals surface area contributed by atoms with Crippen LogP contribution in [0, 0.1) is 39.4 Å². The molecular weight excluding hydrogens is 434 g/mol. The van der Waals surface area contributed by atoms with Gasteiger partial charge in [0.25, 0.3) is 0 Å². The second kappa shape index (κ2) is 9.13. The van der Waals surface area contributed by atoms with Gasteiger partial charge in [-0.1, -0.05) is 60.7 Å². The number of nitriles is 3. The van der Waals surface area contributed by atoms with E-state index >= 15 is 0 Å². The fourth-order valence-electron chi connectivity index (χ4n) is 5.63. The molecule has 0 N–H and O–H groups in total. The van der Waals surface area contributed by atoms with Crippen molar-refractivity contribution >= 4 is 5.82 Å². The number of hydrogen-bond acceptors (Lipinski definition) is 6. The van der Waals surface area contributed by atoms with Crippen LogP contribution < -0.4 is 9.64 Å². The normalized spacial score (nSPS) is 19.9. The quantitative estimate of drug-likeness (QED) is 0.521. The Labute approximate surface area is 205 Å². The molecule has 2 atom stereocenters. The molecule has 0 aliphatic carbocycles. The number of pyridine rings is 1. The first kappa shape index (κ1) is 22.5. The molecule has 6 heteroatoms. The van der Waals surface area contributed by atoms with Gasteiger partial charge in [0.05, 0.1) is 24.8 Å². The fraction of sp³-hybridized carbons (Fsp3) is 0.310. The predicted octanol–water partition coefficient (Wildman–Crippen LogP) is 5.36. The predicted molar refractivity (Wildman–Crippen MR) is 132 cm³/mol. The lowest BCUT2D eigenvalue weighted by molar-refractivity contribution is 0.280. The van der Waals surface area contributed by atoms with Gasteiger partial charge in [-0.05, 0) is 36.8 Å². The molecule has 1 aromatic heterocycles. The Balaban J connectivity index is 1.71. The van der Waals surface area contributed by atoms with E-state index < -0.39 is 5.41 Å². The summed E-state index contributed by atoms with van der Waals surface area (Å²) in [6.07, 6.45) is 1.80. The molecule has 3 heterocycles. The molecule has 0 unspecified atom stereocenters. The van der Waals surface area contributed by atoms with Gasteiger partial charge in [0.2, 0.25) is 5.88 Å². The van der Waals surface area contributed by atoms with E-state index in [1.807, 2.05) is 55.5 Å². The second-order valence-corrected chi connectivity index (χ2v) is 9.09. The number of benzene rings is 2. The monoisotopic (exact) mass is 459 g/mol. The van der Waals surface area contributed by atoms with Crippen molar-refractivity contribution in [2.45, 2.75) is 38.1 Å². The smallest absolute Gasteiger partial charge is 0.234 e. The second-order valence-electron chi connectivity index (χ2n) is 9.09. The molecule has 5 rings (SSSR count). The van der Waals surface area contributed by atoms with E-state index in [0.717, 1.165) is 23.4 Å². The molecular formula is C29H25N5O. The van der Waals surface area contributed by atoms with Crippen molar-refractivity contribution < 1.29 is 4.74 Å². The topological polar surface area (TPSA) is 96.7 Å². The van der Waals surface area contributed by atoms with E-state index in [9.17, 15) is 15.8 Å². The van der Waals surface area contributed by atoms with Crippen molar-refractivity contribution in [3.63, 3.8) is 0 Å². The zero-order chi connectivity index (χ0) is 24.4. The van der Waals surface area contributed by atoms with Crippen molar-refractivity contribution in [1.29, 1.82) is 15.8 Å². The van der Waals surface area contributed by atoms with Crippen molar-refractivity contribution in [3.05, 3.63) is 77.4 Å². The van der Waals surface area contributed by atoms with Gasteiger partial charge >= 0.3 is 0 Å². The van der Waals surface area contributed by atoms with E-state index in [1.165, 1.54) is 5.56 Å². The van der Waals surface area contributed by atoms with Gasteiger partial charge in [0.1, 0.15) is 17.5 Å². The van der Waals surface area contributed by atoms with E-state index in [2.05, 4.69) is 35.2 Å². The van der Waals surface area contributed by atoms with Gasteiger partial charge in [-0.2, -0.15) is 20.8 Å². The summed E-state index contributed by atoms with van der Waals surface area (Å²) in [7, 11) is 0. The highest BCUT2D eigenvalue weighted by Crippen LogP contribution is 2.51. The number of rotatable bonds is 4. The average Bonchev–Trinajstić information content (AvgIpc) is 2.93. The minimum Gasteiger partial charge on any atom is -0.477 e. The summed E-state index contributed by atoms with van der Waals surface area (Å²) in [5, 5.41) is 30.9. The maximum atomic E-state index is 10.4. The lowest BCUT2D eigenvalue weighted by Crippen LogP contribution is -2.55. The maximum Gasteiger partial charge on any atom is 0.234 e. The average molecular weight is 460 g/mol. The molecule has 0 saturated carbocycles. The Bertz CT molecular complexity index is 1350. The number of nitrogens with zero attached hydrogens (tertiary/aromatic N) is 5. The maximum absolute atomic E-state index is 10.4. The van der Waals surface area contributed by atoms with Crippen LogP contribution in [0.25, 0.3) is 11.1 Å². The summed E-state index contributed by atoms with van der Waals surface area (Å²) in [6.45, 7) is 2.92. The molecule has 35 heavy (non-hydrogen) atoms. The van der Waals surface area contributed by atoms with Crippen LogP contribution in [-0.2, 0) is 6.42 Å². The van der Waals surface area contributed by atoms with Crippen LogP contribution >= 0.6 is 0 Å². The van der Waals surface area contributed by atoms with Crippen molar-refractivity contribution in [1.82, 2.24) is 4.98 Å². The summed E-state index contributed by atoms with van der Waals surface area (Å²) < 4.78 is 5.84. The van der Waals surface area contributed by atoms with Gasteiger partial charge in [-0.25, -0.2) is 0 Å². The molecule has 6 nitrogen and oxygen atoms in total. The largest absolute Gasteiger partial charge is 0.477 e. The molecule has 2 aromatic carbocycles. The van der Waals surface area contributed by atoms with Crippen molar-refractivity contribution in [2.75, 3.05) is 18.1 Å². The van der Waals surface area contributed by atoms with Crippen molar-refractivity contribution in [3.8, 4) is 35.2 Å². The molecule has 3 aromatic rings. The third kappa shape index (κ3) is 3.67. The standard InChI is InChI=1S/C29H25N5O/c1-2-35-28-24(17-30)26(21-11-7-4-8-12-21)23-16-29(18-31,19-32)25-15-22(20-9-5-3-6-10-20)13-14-34(25)27(23)33-28/h3-12,22,25H,2,13-16H2,1H3/t22-,25-/m1/s1. The molecule has 2 aliphatic rings. The Kier molecular flexibility index (Phi) is 5.86. The SMILES string of the molecule is CCOc1nc2c(c(-c3ccccc3)c1C#N)CC(C#N)(C#N)[C@H]1C[C@H](c3ccccc3)CCN21. The molecule has 0 spiro atoms. The third-order valence-corrected chi connectivity index (χ3v) is 7.27. The number of hydrogen-bond donors (Lipinski definition) is 0. The summed E-state index contributed by atoms with van der Waals surface area (Å²) in [4.78, 5) is 6.96. The van der Waals surface area contributed by atoms with E-state index in [0.29, 0.717) is 36.6 Å². The number of piperidine rings is 1. The third-order valence-electron chi connectivity index (χ3n) is 7.27. The van der Waals surface area contributed by atoms with E-state index in [1.54, 1.807) is 0 Å². The Morgan fingerprint density at radius 1 is 1.03 bits per heavy atom. The first-order valence-corrected chi connectivity index (χ1v) is 11.9. The molecule has 1 saturated heterocycles. The van der Waals surface area contributed by atoms with Crippen LogP contribution in [0.15, 0.2) is 60.7 Å². The van der Waals surface area contributed by atoms with E-state index in [4.69, 9.17) is 9.72 Å². The molecule has 0 bridgehead atoms. The molecule has 0 radical (unpaired) electrons. The van der Waals surface area contributed by atoms with Gasteiger partial charge in [-0.3, -0.25) is 0 Å². The zero-order valence-corrected chi connectivity index (χ0v) is 19.6. The lowest BCUT2D eigenvalue weighted by Gasteiger charge is -2.49. The summed E-state index contributed by atoms with van der Waals surface area (Å²) in [5.41, 5.74) is 2.67. The highest BCUT2D eigenvalue weighted by molar-refractivity contribution is 5.82. The van der Waals surface area contributed by atoms with Gasteiger partial charge < -0.3 is 9.64 Å². The first-order valence-electron chi connectivity index (χ1n) is 11.9. The van der Waals surface area contributed by atoms with Crippen LogP contribution in [0.3, 0.4) is 0 Å². The molecule has 2 aliphatic heterocycles. The summed E-state index contributed by atoms with van der Waals surface area (Å²) in [6, 6.07) is 26.7. The van der Waals surface area contributed by atoms with Crippen LogP contribution in [0.5, 0.6) is 5.88 Å². The van der Waals surface area contributed by atoms with Crippen LogP contribution in [-0.4, -0.2) is 24.2 Å². The highest BCUT2D eigenvalue weighted by Gasteiger charge is 2.52. The molecule has 1 fully saturated rings. The highest BCUT2D eigenvalue weighted by atomic mass is 16.5. The number of anilines is 1. The van der Waals surface area contributed by atoms with Gasteiger partial charge in [0.15, 0.2) is 5.41 Å². The minimum atomic E-state index is -1.24. The lowest BCUT2D eigenvalue weighted by atomic mass is 9.67. The Hall–Kier alpha value is -4.34. The molecule has 0 amide bonds.